The predicted octanol–water partition coefficient (Wildman–Crippen LogP) is 3.35. The fraction of sp³-hybridized carbons (Fsp3) is 0.462. The summed E-state index contributed by atoms with van der Waals surface area (Å²) >= 11 is 0. The van der Waals surface area contributed by atoms with Gasteiger partial charge in [-0.25, -0.2) is 0 Å². The third-order valence-corrected chi connectivity index (χ3v) is 7.60. The molecule has 34 heavy (non-hydrogen) atoms. The number of benzene rings is 2. The molecule has 0 unspecified atom stereocenters. The van der Waals surface area contributed by atoms with Gasteiger partial charge in [-0.05, 0) is 66.3 Å². The maximum atomic E-state index is 12.8. The lowest BCUT2D eigenvalue weighted by molar-refractivity contribution is 0.00578. The van der Waals surface area contributed by atoms with Crippen LogP contribution in [-0.4, -0.2) is 48.2 Å². The molecule has 0 bridgehead atoms. The Labute approximate surface area is 202 Å². The van der Waals surface area contributed by atoms with Gasteiger partial charge in [0.05, 0.1) is 22.4 Å². The van der Waals surface area contributed by atoms with Gasteiger partial charge in [-0.1, -0.05) is 48.5 Å². The first-order valence-corrected chi connectivity index (χ1v) is 11.6. The first kappa shape index (κ1) is 24.9. The number of rotatable bonds is 5. The van der Waals surface area contributed by atoms with Crippen molar-refractivity contribution in [3.8, 4) is 0 Å². The Kier molecular flexibility index (Phi) is 5.97. The minimum absolute atomic E-state index is 0.320. The quantitative estimate of drug-likeness (QED) is 0.386. The average Bonchev–Trinajstić information content (AvgIpc) is 3.12. The highest BCUT2D eigenvalue weighted by Crippen LogP contribution is 2.37. The second kappa shape index (κ2) is 8.16. The van der Waals surface area contributed by atoms with Gasteiger partial charge in [0.15, 0.2) is 0 Å². The van der Waals surface area contributed by atoms with Crippen LogP contribution >= 0.6 is 0 Å². The number of Topliss-reactive ketones (excluding diaryl/α,β-unsaturated/α-hetero) is 2. The standard InChI is InChI=1S/C26H32B2O6/c1-23(2)24(3,4)32-27(31-23)19-13-9-17(10-14-19)21(29)22(30)18-11-15-20(16-12-18)28-33-25(5,6)26(7,8)34-28/h9-16H,1-8H3. The monoisotopic (exact) mass is 462 g/mol. The van der Waals surface area contributed by atoms with Crippen LogP contribution in [0.5, 0.6) is 0 Å². The summed E-state index contributed by atoms with van der Waals surface area (Å²) in [5.74, 6) is -1.13. The highest BCUT2D eigenvalue weighted by molar-refractivity contribution is 6.62. The highest BCUT2D eigenvalue weighted by atomic mass is 16.7. The van der Waals surface area contributed by atoms with E-state index >= 15 is 0 Å². The van der Waals surface area contributed by atoms with Crippen LogP contribution in [0.25, 0.3) is 0 Å². The van der Waals surface area contributed by atoms with E-state index in [2.05, 4.69) is 0 Å². The van der Waals surface area contributed by atoms with E-state index in [0.717, 1.165) is 10.9 Å². The van der Waals surface area contributed by atoms with Gasteiger partial charge in [-0.2, -0.15) is 0 Å². The molecule has 2 fully saturated rings. The first-order chi connectivity index (χ1) is 15.6. The molecule has 178 valence electrons. The number of carbonyl (C=O) groups is 2. The Morgan fingerprint density at radius 1 is 0.500 bits per heavy atom. The van der Waals surface area contributed by atoms with E-state index in [-0.39, 0.29) is 0 Å². The number of hydrogen-bond donors (Lipinski definition) is 0. The molecule has 6 nitrogen and oxygen atoms in total. The molecule has 4 rings (SSSR count). The summed E-state index contributed by atoms with van der Waals surface area (Å²) in [7, 11) is -1.04. The molecule has 2 aliphatic heterocycles. The van der Waals surface area contributed by atoms with Crippen LogP contribution in [0.15, 0.2) is 48.5 Å². The lowest BCUT2D eigenvalue weighted by Crippen LogP contribution is -2.41. The number of ketones is 2. The Morgan fingerprint density at radius 2 is 0.735 bits per heavy atom. The second-order valence-electron chi connectivity index (χ2n) is 11.1. The molecule has 2 heterocycles. The minimum atomic E-state index is -0.566. The topological polar surface area (TPSA) is 71.1 Å². The molecule has 0 N–H and O–H groups in total. The van der Waals surface area contributed by atoms with Crippen LogP contribution < -0.4 is 10.9 Å². The minimum Gasteiger partial charge on any atom is -0.399 e. The van der Waals surface area contributed by atoms with Crippen LogP contribution in [-0.2, 0) is 18.6 Å². The molecular formula is C26H32B2O6. The zero-order valence-electron chi connectivity index (χ0n) is 21.2. The fourth-order valence-electron chi connectivity index (χ4n) is 3.80. The molecule has 8 heteroatoms. The highest BCUT2D eigenvalue weighted by Gasteiger charge is 2.52. The molecule has 0 spiro atoms. The Hall–Kier alpha value is -2.25. The van der Waals surface area contributed by atoms with Crippen LogP contribution in [0.3, 0.4) is 0 Å². The van der Waals surface area contributed by atoms with Gasteiger partial charge in [0.2, 0.25) is 11.6 Å². The summed E-state index contributed by atoms with van der Waals surface area (Å²) in [5, 5.41) is 0. The molecule has 0 atom stereocenters. The maximum Gasteiger partial charge on any atom is 0.494 e. The summed E-state index contributed by atoms with van der Waals surface area (Å²) in [6.07, 6.45) is 0. The lowest BCUT2D eigenvalue weighted by Gasteiger charge is -2.32. The van der Waals surface area contributed by atoms with E-state index in [1.807, 2.05) is 55.4 Å². The summed E-state index contributed by atoms with van der Waals surface area (Å²) in [6, 6.07) is 13.6. The Balaban J connectivity index is 1.44. The van der Waals surface area contributed by atoms with Crippen LogP contribution in [0.4, 0.5) is 0 Å². The van der Waals surface area contributed by atoms with Gasteiger partial charge in [0.25, 0.3) is 0 Å². The van der Waals surface area contributed by atoms with Crippen LogP contribution in [0.2, 0.25) is 0 Å². The zero-order chi connectivity index (χ0) is 25.1. The third kappa shape index (κ3) is 4.29. The normalized spacial score (nSPS) is 22.1. The molecule has 0 aromatic heterocycles. The summed E-state index contributed by atoms with van der Waals surface area (Å²) in [5.41, 5.74) is 0.440. The molecular weight excluding hydrogens is 430 g/mol. The van der Waals surface area contributed by atoms with Crippen molar-refractivity contribution in [1.29, 1.82) is 0 Å². The second-order valence-corrected chi connectivity index (χ2v) is 11.1. The third-order valence-electron chi connectivity index (χ3n) is 7.60. The molecule has 0 saturated carbocycles. The van der Waals surface area contributed by atoms with Crippen molar-refractivity contribution in [2.24, 2.45) is 0 Å². The summed E-state index contributed by atoms with van der Waals surface area (Å²) in [6.45, 7) is 15.9. The van der Waals surface area contributed by atoms with E-state index in [4.69, 9.17) is 18.6 Å². The Morgan fingerprint density at radius 3 is 0.971 bits per heavy atom. The molecule has 0 radical (unpaired) electrons. The largest absolute Gasteiger partial charge is 0.494 e. The molecule has 2 aromatic rings. The van der Waals surface area contributed by atoms with E-state index in [1.54, 1.807) is 48.5 Å². The van der Waals surface area contributed by atoms with Crippen molar-refractivity contribution in [2.75, 3.05) is 0 Å². The molecule has 2 saturated heterocycles. The smallest absolute Gasteiger partial charge is 0.399 e. The van der Waals surface area contributed by atoms with Gasteiger partial charge in [-0.15, -0.1) is 0 Å². The van der Waals surface area contributed by atoms with Gasteiger partial charge < -0.3 is 18.6 Å². The average molecular weight is 462 g/mol. The van der Waals surface area contributed by atoms with E-state index in [9.17, 15) is 9.59 Å². The van der Waals surface area contributed by atoms with E-state index in [1.165, 1.54) is 0 Å². The number of carbonyl (C=O) groups excluding carboxylic acids is 2. The summed E-state index contributed by atoms with van der Waals surface area (Å²) in [4.78, 5) is 25.7. The van der Waals surface area contributed by atoms with Crippen molar-refractivity contribution < 1.29 is 28.2 Å². The van der Waals surface area contributed by atoms with Crippen molar-refractivity contribution in [2.45, 2.75) is 77.8 Å². The predicted molar refractivity (Wildman–Crippen MR) is 133 cm³/mol. The van der Waals surface area contributed by atoms with Crippen molar-refractivity contribution in [1.82, 2.24) is 0 Å². The maximum absolute atomic E-state index is 12.8. The Bertz CT molecular complexity index is 982. The number of hydrogen-bond acceptors (Lipinski definition) is 6. The van der Waals surface area contributed by atoms with E-state index < -0.39 is 48.2 Å². The molecule has 2 aliphatic rings. The first-order valence-electron chi connectivity index (χ1n) is 11.6. The van der Waals surface area contributed by atoms with Gasteiger partial charge in [0.1, 0.15) is 0 Å². The molecule has 0 amide bonds. The lowest BCUT2D eigenvalue weighted by atomic mass is 9.78. The van der Waals surface area contributed by atoms with E-state index in [0.29, 0.717) is 11.1 Å². The summed E-state index contributed by atoms with van der Waals surface area (Å²) < 4.78 is 24.2. The zero-order valence-corrected chi connectivity index (χ0v) is 21.2. The SMILES string of the molecule is CC1(C)OB(c2ccc(C(=O)C(=O)c3ccc(B4OC(C)(C)C(C)(C)O4)cc3)cc2)OC1(C)C. The van der Waals surface area contributed by atoms with Gasteiger partial charge >= 0.3 is 14.2 Å². The van der Waals surface area contributed by atoms with Gasteiger partial charge in [-0.3, -0.25) is 9.59 Å². The van der Waals surface area contributed by atoms with Crippen molar-refractivity contribution >= 4 is 36.7 Å². The van der Waals surface area contributed by atoms with Crippen molar-refractivity contribution in [3.63, 3.8) is 0 Å². The van der Waals surface area contributed by atoms with Crippen molar-refractivity contribution in [3.05, 3.63) is 59.7 Å². The molecule has 0 aliphatic carbocycles. The van der Waals surface area contributed by atoms with Crippen LogP contribution in [0.1, 0.15) is 76.1 Å². The molecule has 2 aromatic carbocycles. The van der Waals surface area contributed by atoms with Crippen LogP contribution in [0, 0.1) is 0 Å². The van der Waals surface area contributed by atoms with Gasteiger partial charge in [0, 0.05) is 11.1 Å². The fourth-order valence-corrected chi connectivity index (χ4v) is 3.80.